The van der Waals surface area contributed by atoms with Crippen LogP contribution in [0.1, 0.15) is 16.7 Å². The van der Waals surface area contributed by atoms with E-state index in [9.17, 15) is 0 Å². The molecule has 0 unspecified atom stereocenters. The Hall–Kier alpha value is -5.09. The van der Waals surface area contributed by atoms with Gasteiger partial charge in [-0.05, 0) is 29.8 Å². The van der Waals surface area contributed by atoms with Gasteiger partial charge in [0.15, 0.2) is 11.7 Å². The van der Waals surface area contributed by atoms with Gasteiger partial charge in [0, 0.05) is 33.8 Å². The number of para-hydroxylation sites is 2. The van der Waals surface area contributed by atoms with E-state index in [0.717, 1.165) is 22.4 Å². The van der Waals surface area contributed by atoms with Gasteiger partial charge in [-0.25, -0.2) is 9.98 Å². The third kappa shape index (κ3) is 4.48. The van der Waals surface area contributed by atoms with Crippen molar-refractivity contribution in [2.45, 2.75) is 0 Å². The second-order valence-electron chi connectivity index (χ2n) is 8.74. The summed E-state index contributed by atoms with van der Waals surface area (Å²) in [5, 5.41) is 11.0. The lowest BCUT2D eigenvalue weighted by Gasteiger charge is -2.08. The quantitative estimate of drug-likeness (QED) is 0.200. The van der Waals surface area contributed by atoms with E-state index in [4.69, 9.17) is 10.4 Å². The second kappa shape index (κ2) is 9.88. The summed E-state index contributed by atoms with van der Waals surface area (Å²) in [5.74, 6) is 0.680. The fourth-order valence-electron chi connectivity index (χ4n) is 4.57. The summed E-state index contributed by atoms with van der Waals surface area (Å²) in [6.45, 7) is 0. The maximum Gasteiger partial charge on any atom is 0.161 e. The fourth-order valence-corrected chi connectivity index (χ4v) is 4.57. The zero-order valence-electron chi connectivity index (χ0n) is 20.1. The van der Waals surface area contributed by atoms with E-state index in [-0.39, 0.29) is 5.84 Å². The zero-order chi connectivity index (χ0) is 25.0. The van der Waals surface area contributed by atoms with E-state index in [0.29, 0.717) is 5.84 Å². The molecule has 1 heterocycles. The van der Waals surface area contributed by atoms with Crippen molar-refractivity contribution >= 4 is 39.7 Å². The number of nitrogens with zero attached hydrogens (tertiary/aromatic N) is 3. The monoisotopic (exact) mass is 476 g/mol. The van der Waals surface area contributed by atoms with Gasteiger partial charge in [-0.15, -0.1) is 0 Å². The number of fused-ring (bicyclic) bond motifs is 3. The lowest BCUT2D eigenvalue weighted by atomic mass is 10.2. The molecule has 6 rings (SSSR count). The SMILES string of the molecule is N=C(/N=C(\N=C\c1ccc(-n2c3ccccc3c3ccccc32)cc1)c1ccccc1)c1ccccc1. The van der Waals surface area contributed by atoms with E-state index >= 15 is 0 Å². The van der Waals surface area contributed by atoms with Crippen LogP contribution in [0.4, 0.5) is 0 Å². The van der Waals surface area contributed by atoms with Gasteiger partial charge in [0.1, 0.15) is 0 Å². The molecule has 0 fully saturated rings. The molecule has 0 saturated heterocycles. The molecule has 0 aliphatic heterocycles. The Morgan fingerprint density at radius 2 is 1.08 bits per heavy atom. The Bertz CT molecular complexity index is 1710. The van der Waals surface area contributed by atoms with Crippen LogP contribution in [0.25, 0.3) is 27.5 Å². The molecule has 4 nitrogen and oxygen atoms in total. The zero-order valence-corrected chi connectivity index (χ0v) is 20.1. The lowest BCUT2D eigenvalue weighted by Crippen LogP contribution is -2.04. The van der Waals surface area contributed by atoms with Crippen LogP contribution in [0.5, 0.6) is 0 Å². The van der Waals surface area contributed by atoms with Crippen molar-refractivity contribution in [3.63, 3.8) is 0 Å². The highest BCUT2D eigenvalue weighted by Crippen LogP contribution is 2.31. The summed E-state index contributed by atoms with van der Waals surface area (Å²) < 4.78 is 2.30. The number of hydrogen-bond acceptors (Lipinski definition) is 1. The third-order valence-electron chi connectivity index (χ3n) is 6.36. The van der Waals surface area contributed by atoms with Crippen LogP contribution >= 0.6 is 0 Å². The highest BCUT2D eigenvalue weighted by atomic mass is 15.0. The standard InChI is InChI=1S/C33H24N4/c34-32(25-11-3-1-4-12-25)36-33(26-13-5-2-6-14-26)35-23-24-19-21-27(22-20-24)37-30-17-9-7-15-28(30)29-16-8-10-18-31(29)37/h1-23,34H/b34-32?,35-23+,36-33-. The first kappa shape index (κ1) is 22.4. The highest BCUT2D eigenvalue weighted by Gasteiger charge is 2.11. The predicted molar refractivity (Wildman–Crippen MR) is 155 cm³/mol. The third-order valence-corrected chi connectivity index (χ3v) is 6.36. The molecule has 0 saturated carbocycles. The van der Waals surface area contributed by atoms with Crippen molar-refractivity contribution in [3.05, 3.63) is 150 Å². The fraction of sp³-hybridized carbons (Fsp3) is 0. The van der Waals surface area contributed by atoms with Crippen molar-refractivity contribution in [2.24, 2.45) is 9.98 Å². The van der Waals surface area contributed by atoms with Crippen molar-refractivity contribution in [1.29, 1.82) is 5.41 Å². The van der Waals surface area contributed by atoms with E-state index in [2.05, 4.69) is 82.4 Å². The van der Waals surface area contributed by atoms with Crippen LogP contribution in [0.2, 0.25) is 0 Å². The summed E-state index contributed by atoms with van der Waals surface area (Å²) >= 11 is 0. The number of rotatable bonds is 4. The van der Waals surface area contributed by atoms with E-state index in [1.165, 1.54) is 21.8 Å². The Kier molecular flexibility index (Phi) is 5.97. The average molecular weight is 477 g/mol. The van der Waals surface area contributed by atoms with Crippen LogP contribution in [0, 0.1) is 5.41 Å². The largest absolute Gasteiger partial charge is 0.309 e. The van der Waals surface area contributed by atoms with Gasteiger partial charge in [-0.2, -0.15) is 0 Å². The normalized spacial score (nSPS) is 11.9. The first-order valence-corrected chi connectivity index (χ1v) is 12.2. The van der Waals surface area contributed by atoms with Gasteiger partial charge in [0.05, 0.1) is 11.0 Å². The molecule has 0 aliphatic carbocycles. The highest BCUT2D eigenvalue weighted by molar-refractivity contribution is 6.13. The molecular formula is C33H24N4. The average Bonchev–Trinajstić information content (AvgIpc) is 3.31. The van der Waals surface area contributed by atoms with Crippen molar-refractivity contribution in [2.75, 3.05) is 0 Å². The molecule has 0 atom stereocenters. The molecule has 0 amide bonds. The Balaban J connectivity index is 1.35. The van der Waals surface area contributed by atoms with E-state index in [1.54, 1.807) is 6.21 Å². The maximum absolute atomic E-state index is 8.47. The molecule has 176 valence electrons. The van der Waals surface area contributed by atoms with Gasteiger partial charge in [-0.1, -0.05) is 109 Å². The van der Waals surface area contributed by atoms with Gasteiger partial charge < -0.3 is 4.57 Å². The number of aliphatic imine (C=N–C) groups is 2. The number of benzene rings is 5. The summed E-state index contributed by atoms with van der Waals surface area (Å²) in [5.41, 5.74) is 6.03. The van der Waals surface area contributed by atoms with Crippen LogP contribution in [0.15, 0.2) is 143 Å². The molecule has 1 N–H and O–H groups in total. The van der Waals surface area contributed by atoms with Crippen LogP contribution in [-0.2, 0) is 0 Å². The summed E-state index contributed by atoms with van der Waals surface area (Å²) in [4.78, 5) is 9.26. The molecular weight excluding hydrogens is 452 g/mol. The molecule has 0 bridgehead atoms. The molecule has 0 spiro atoms. The predicted octanol–water partition coefficient (Wildman–Crippen LogP) is 7.67. The minimum Gasteiger partial charge on any atom is -0.309 e. The maximum atomic E-state index is 8.47. The summed E-state index contributed by atoms with van der Waals surface area (Å²) in [6.07, 6.45) is 1.81. The van der Waals surface area contributed by atoms with Gasteiger partial charge in [0.2, 0.25) is 0 Å². The first-order valence-electron chi connectivity index (χ1n) is 12.2. The van der Waals surface area contributed by atoms with Crippen LogP contribution in [-0.4, -0.2) is 22.5 Å². The number of amidine groups is 2. The van der Waals surface area contributed by atoms with Crippen molar-refractivity contribution < 1.29 is 0 Å². The number of aromatic nitrogens is 1. The minimum absolute atomic E-state index is 0.179. The smallest absolute Gasteiger partial charge is 0.161 e. The Morgan fingerprint density at radius 1 is 0.568 bits per heavy atom. The molecule has 1 aromatic heterocycles. The van der Waals surface area contributed by atoms with E-state index < -0.39 is 0 Å². The summed E-state index contributed by atoms with van der Waals surface area (Å²) in [7, 11) is 0. The summed E-state index contributed by atoms with van der Waals surface area (Å²) in [6, 6.07) is 44.6. The molecule has 0 radical (unpaired) electrons. The van der Waals surface area contributed by atoms with Crippen molar-refractivity contribution in [1.82, 2.24) is 4.57 Å². The molecule has 6 aromatic rings. The number of hydrogen-bond donors (Lipinski definition) is 1. The second-order valence-corrected chi connectivity index (χ2v) is 8.74. The van der Waals surface area contributed by atoms with Crippen LogP contribution < -0.4 is 0 Å². The molecule has 37 heavy (non-hydrogen) atoms. The molecule has 4 heteroatoms. The first-order chi connectivity index (χ1) is 18.3. The van der Waals surface area contributed by atoms with Gasteiger partial charge in [0.25, 0.3) is 0 Å². The van der Waals surface area contributed by atoms with Crippen LogP contribution in [0.3, 0.4) is 0 Å². The topological polar surface area (TPSA) is 53.5 Å². The lowest BCUT2D eigenvalue weighted by molar-refractivity contribution is 1.18. The van der Waals surface area contributed by atoms with E-state index in [1.807, 2.05) is 60.7 Å². The minimum atomic E-state index is 0.179. The Morgan fingerprint density at radius 3 is 1.68 bits per heavy atom. The van der Waals surface area contributed by atoms with Crippen molar-refractivity contribution in [3.8, 4) is 5.69 Å². The van der Waals surface area contributed by atoms with Gasteiger partial charge in [-0.3, -0.25) is 5.41 Å². The number of nitrogens with one attached hydrogen (secondary N) is 1. The molecule has 0 aliphatic rings. The Labute approximate surface area is 215 Å². The van der Waals surface area contributed by atoms with Gasteiger partial charge >= 0.3 is 0 Å². The molecule has 5 aromatic carbocycles.